The van der Waals surface area contributed by atoms with Crippen molar-refractivity contribution in [3.63, 3.8) is 0 Å². The molecule has 4 atom stereocenters. The molecule has 1 saturated carbocycles. The molecule has 3 unspecified atom stereocenters. The maximum absolute atomic E-state index is 10.7. The SMILES string of the molecule is CC(=O)NC1C[C@H]2CC2OC1O. The zero-order valence-corrected chi connectivity index (χ0v) is 6.99. The van der Waals surface area contributed by atoms with E-state index in [9.17, 15) is 9.90 Å². The summed E-state index contributed by atoms with van der Waals surface area (Å²) in [5.74, 6) is 0.451. The van der Waals surface area contributed by atoms with Crippen molar-refractivity contribution in [1.29, 1.82) is 0 Å². The molecule has 4 nitrogen and oxygen atoms in total. The van der Waals surface area contributed by atoms with Gasteiger partial charge in [0.15, 0.2) is 6.29 Å². The van der Waals surface area contributed by atoms with Crippen LogP contribution in [0, 0.1) is 5.92 Å². The smallest absolute Gasteiger partial charge is 0.217 e. The Balaban J connectivity index is 1.91. The van der Waals surface area contributed by atoms with Crippen molar-refractivity contribution in [3.05, 3.63) is 0 Å². The first-order valence-electron chi connectivity index (χ1n) is 4.27. The van der Waals surface area contributed by atoms with Gasteiger partial charge in [-0.25, -0.2) is 0 Å². The largest absolute Gasteiger partial charge is 0.366 e. The number of hydrogen-bond acceptors (Lipinski definition) is 3. The fourth-order valence-electron chi connectivity index (χ4n) is 1.74. The van der Waals surface area contributed by atoms with E-state index in [2.05, 4.69) is 5.32 Å². The van der Waals surface area contributed by atoms with Crippen molar-refractivity contribution in [1.82, 2.24) is 5.32 Å². The van der Waals surface area contributed by atoms with Gasteiger partial charge in [0.05, 0.1) is 12.1 Å². The standard InChI is InChI=1S/C8H13NO3/c1-4(10)9-6-2-5-3-7(5)12-8(6)11/h5-8,11H,2-3H2,1H3,(H,9,10)/t5-,6?,7?,8?/m0/s1. The van der Waals surface area contributed by atoms with Crippen molar-refractivity contribution >= 4 is 5.91 Å². The Kier molecular flexibility index (Phi) is 1.81. The first-order valence-corrected chi connectivity index (χ1v) is 4.27. The summed E-state index contributed by atoms with van der Waals surface area (Å²) in [5.41, 5.74) is 0. The van der Waals surface area contributed by atoms with Gasteiger partial charge in [-0.1, -0.05) is 0 Å². The summed E-state index contributed by atoms with van der Waals surface area (Å²) in [6.45, 7) is 1.45. The van der Waals surface area contributed by atoms with Crippen LogP contribution < -0.4 is 5.32 Å². The molecule has 1 amide bonds. The summed E-state index contributed by atoms with van der Waals surface area (Å²) in [6, 6.07) is -0.203. The minimum atomic E-state index is -0.808. The number of carbonyl (C=O) groups is 1. The number of aliphatic hydroxyl groups is 1. The molecule has 0 radical (unpaired) electrons. The highest BCUT2D eigenvalue weighted by molar-refractivity contribution is 5.73. The van der Waals surface area contributed by atoms with Crippen molar-refractivity contribution in [2.45, 2.75) is 38.2 Å². The van der Waals surface area contributed by atoms with Crippen LogP contribution in [0.25, 0.3) is 0 Å². The highest BCUT2D eigenvalue weighted by atomic mass is 16.6. The molecule has 12 heavy (non-hydrogen) atoms. The van der Waals surface area contributed by atoms with Crippen molar-refractivity contribution in [3.8, 4) is 0 Å². The molecule has 1 heterocycles. The lowest BCUT2D eigenvalue weighted by molar-refractivity contribution is -0.155. The number of carbonyl (C=O) groups excluding carboxylic acids is 1. The van der Waals surface area contributed by atoms with E-state index >= 15 is 0 Å². The number of amides is 1. The van der Waals surface area contributed by atoms with Gasteiger partial charge in [0, 0.05) is 6.92 Å². The number of rotatable bonds is 1. The molecular formula is C8H13NO3. The van der Waals surface area contributed by atoms with Crippen LogP contribution in [0.15, 0.2) is 0 Å². The maximum atomic E-state index is 10.7. The van der Waals surface area contributed by atoms with Crippen molar-refractivity contribution in [2.75, 3.05) is 0 Å². The second kappa shape index (κ2) is 2.71. The monoisotopic (exact) mass is 171 g/mol. The summed E-state index contributed by atoms with van der Waals surface area (Å²) in [6.07, 6.45) is 1.33. The van der Waals surface area contributed by atoms with E-state index in [-0.39, 0.29) is 18.1 Å². The average Bonchev–Trinajstić information content (AvgIpc) is 2.65. The minimum absolute atomic E-state index is 0.109. The van der Waals surface area contributed by atoms with Crippen LogP contribution in [-0.2, 0) is 9.53 Å². The predicted octanol–water partition coefficient (Wildman–Crippen LogP) is -0.382. The molecule has 0 aromatic heterocycles. The third-order valence-corrected chi connectivity index (χ3v) is 2.46. The molecule has 2 N–H and O–H groups in total. The molecule has 0 aromatic rings. The van der Waals surface area contributed by atoms with Gasteiger partial charge in [0.2, 0.25) is 5.91 Å². The third-order valence-electron chi connectivity index (χ3n) is 2.46. The highest BCUT2D eigenvalue weighted by Crippen LogP contribution is 2.42. The summed E-state index contributed by atoms with van der Waals surface area (Å²) in [4.78, 5) is 10.7. The summed E-state index contributed by atoms with van der Waals surface area (Å²) in [7, 11) is 0. The summed E-state index contributed by atoms with van der Waals surface area (Å²) >= 11 is 0. The molecule has 0 spiro atoms. The number of fused-ring (bicyclic) bond motifs is 1. The summed E-state index contributed by atoms with van der Waals surface area (Å²) in [5, 5.41) is 12.1. The van der Waals surface area contributed by atoms with Gasteiger partial charge in [-0.05, 0) is 18.8 Å². The average molecular weight is 171 g/mol. The quantitative estimate of drug-likeness (QED) is 0.565. The second-order valence-corrected chi connectivity index (χ2v) is 3.60. The van der Waals surface area contributed by atoms with E-state index in [0.717, 1.165) is 12.8 Å². The fraction of sp³-hybridized carbons (Fsp3) is 0.875. The van der Waals surface area contributed by atoms with Crippen LogP contribution in [0.3, 0.4) is 0 Å². The lowest BCUT2D eigenvalue weighted by atomic mass is 10.1. The Bertz CT molecular complexity index is 206. The van der Waals surface area contributed by atoms with E-state index in [1.54, 1.807) is 0 Å². The van der Waals surface area contributed by atoms with Crippen molar-refractivity contribution in [2.24, 2.45) is 5.92 Å². The Morgan fingerprint density at radius 3 is 3.00 bits per heavy atom. The first-order chi connectivity index (χ1) is 5.66. The molecule has 2 fully saturated rings. The fourth-order valence-corrected chi connectivity index (χ4v) is 1.74. The molecule has 68 valence electrons. The van der Waals surface area contributed by atoms with Crippen LogP contribution >= 0.6 is 0 Å². The Morgan fingerprint density at radius 2 is 2.33 bits per heavy atom. The highest BCUT2D eigenvalue weighted by Gasteiger charge is 2.47. The van der Waals surface area contributed by atoms with E-state index in [1.807, 2.05) is 0 Å². The number of hydrogen-bond donors (Lipinski definition) is 2. The van der Waals surface area contributed by atoms with Crippen LogP contribution in [0.2, 0.25) is 0 Å². The van der Waals surface area contributed by atoms with E-state index in [1.165, 1.54) is 6.92 Å². The topological polar surface area (TPSA) is 58.6 Å². The lowest BCUT2D eigenvalue weighted by Gasteiger charge is -2.27. The van der Waals surface area contributed by atoms with E-state index < -0.39 is 6.29 Å². The maximum Gasteiger partial charge on any atom is 0.217 e. The lowest BCUT2D eigenvalue weighted by Crippen LogP contribution is -2.46. The zero-order chi connectivity index (χ0) is 8.72. The van der Waals surface area contributed by atoms with Crippen molar-refractivity contribution < 1.29 is 14.6 Å². The van der Waals surface area contributed by atoms with Gasteiger partial charge in [-0.3, -0.25) is 4.79 Å². The number of nitrogens with one attached hydrogen (secondary N) is 1. The molecule has 2 aliphatic rings. The Labute approximate surface area is 70.9 Å². The molecular weight excluding hydrogens is 158 g/mol. The molecule has 0 aromatic carbocycles. The zero-order valence-electron chi connectivity index (χ0n) is 6.99. The van der Waals surface area contributed by atoms with Gasteiger partial charge in [-0.2, -0.15) is 0 Å². The first kappa shape index (κ1) is 8.01. The normalized spacial score (nSPS) is 44.8. The van der Waals surface area contributed by atoms with Crippen LogP contribution in [-0.4, -0.2) is 29.4 Å². The van der Waals surface area contributed by atoms with Gasteiger partial charge in [0.25, 0.3) is 0 Å². The Morgan fingerprint density at radius 1 is 1.58 bits per heavy atom. The van der Waals surface area contributed by atoms with Gasteiger partial charge in [-0.15, -0.1) is 0 Å². The second-order valence-electron chi connectivity index (χ2n) is 3.60. The minimum Gasteiger partial charge on any atom is -0.366 e. The molecule has 0 bridgehead atoms. The number of ether oxygens (including phenoxy) is 1. The summed E-state index contributed by atoms with van der Waals surface area (Å²) < 4.78 is 5.21. The van der Waals surface area contributed by atoms with E-state index in [0.29, 0.717) is 5.92 Å². The molecule has 4 heteroatoms. The van der Waals surface area contributed by atoms with Crippen LogP contribution in [0.5, 0.6) is 0 Å². The molecule has 1 aliphatic heterocycles. The molecule has 2 rings (SSSR count). The van der Waals surface area contributed by atoms with Gasteiger partial charge in [0.1, 0.15) is 0 Å². The molecule has 1 saturated heterocycles. The van der Waals surface area contributed by atoms with Crippen LogP contribution in [0.4, 0.5) is 0 Å². The van der Waals surface area contributed by atoms with Gasteiger partial charge >= 0.3 is 0 Å². The Hall–Kier alpha value is -0.610. The van der Waals surface area contributed by atoms with E-state index in [4.69, 9.17) is 4.74 Å². The van der Waals surface area contributed by atoms with Gasteiger partial charge < -0.3 is 15.2 Å². The predicted molar refractivity (Wildman–Crippen MR) is 41.2 cm³/mol. The number of aliphatic hydroxyl groups excluding tert-OH is 1. The van der Waals surface area contributed by atoms with Crippen LogP contribution in [0.1, 0.15) is 19.8 Å². The third kappa shape index (κ3) is 1.44. The molecule has 1 aliphatic carbocycles.